The standard InChI is InChI=1S/C29H25F12NO4/c30-26(31,32)23(43)15-42(16-24(44)27(33,34)35)17-25(14-18-6-2-1-3-7-18,19-8-4-10-21(12-19)45-28(36,37)38)20-9-5-11-22(13-20)46-29(39,40)41/h1-13,23-24,43-44H,14-17H2/t23-,24-/m0/s1. The Hall–Kier alpha value is -3.70. The van der Waals surface area contributed by atoms with Gasteiger partial charge in [0, 0.05) is 25.0 Å². The Morgan fingerprint density at radius 3 is 1.35 bits per heavy atom. The summed E-state index contributed by atoms with van der Waals surface area (Å²) in [5, 5.41) is 19.6. The number of alkyl halides is 12. The molecule has 0 fully saturated rings. The van der Waals surface area contributed by atoms with Crippen LogP contribution in [-0.4, -0.2) is 72.0 Å². The van der Waals surface area contributed by atoms with Crippen LogP contribution >= 0.6 is 0 Å². The van der Waals surface area contributed by atoms with Crippen LogP contribution < -0.4 is 9.47 Å². The Kier molecular flexibility index (Phi) is 11.2. The van der Waals surface area contributed by atoms with Crippen molar-refractivity contribution in [2.75, 3.05) is 19.6 Å². The minimum absolute atomic E-state index is 0.241. The van der Waals surface area contributed by atoms with Crippen LogP contribution in [0.4, 0.5) is 52.7 Å². The highest BCUT2D eigenvalue weighted by Crippen LogP contribution is 2.41. The number of ether oxygens (including phenoxy) is 2. The van der Waals surface area contributed by atoms with Crippen molar-refractivity contribution < 1.29 is 72.4 Å². The molecule has 46 heavy (non-hydrogen) atoms. The second kappa shape index (κ2) is 14.0. The maximum Gasteiger partial charge on any atom is 0.573 e. The van der Waals surface area contributed by atoms with E-state index in [2.05, 4.69) is 9.47 Å². The highest BCUT2D eigenvalue weighted by molar-refractivity contribution is 5.47. The van der Waals surface area contributed by atoms with E-state index in [0.717, 1.165) is 48.5 Å². The van der Waals surface area contributed by atoms with Crippen LogP contribution in [-0.2, 0) is 11.8 Å². The molecule has 0 saturated heterocycles. The maximum absolute atomic E-state index is 13.4. The van der Waals surface area contributed by atoms with Crippen molar-refractivity contribution in [3.63, 3.8) is 0 Å². The third kappa shape index (κ3) is 10.7. The zero-order valence-corrected chi connectivity index (χ0v) is 23.2. The fraction of sp³-hybridized carbons (Fsp3) is 0.379. The van der Waals surface area contributed by atoms with Gasteiger partial charge in [-0.3, -0.25) is 4.90 Å². The lowest BCUT2D eigenvalue weighted by molar-refractivity contribution is -0.275. The Morgan fingerprint density at radius 2 is 0.978 bits per heavy atom. The highest BCUT2D eigenvalue weighted by Gasteiger charge is 2.46. The number of halogens is 12. The summed E-state index contributed by atoms with van der Waals surface area (Å²) in [5.74, 6) is -1.72. The van der Waals surface area contributed by atoms with E-state index in [1.54, 1.807) is 6.07 Å². The lowest BCUT2D eigenvalue weighted by Crippen LogP contribution is -2.52. The summed E-state index contributed by atoms with van der Waals surface area (Å²) in [7, 11) is 0. The number of aliphatic hydroxyl groups excluding tert-OH is 2. The van der Waals surface area contributed by atoms with Gasteiger partial charge < -0.3 is 19.7 Å². The van der Waals surface area contributed by atoms with Gasteiger partial charge in [0.05, 0.1) is 0 Å². The average Bonchev–Trinajstić information content (AvgIpc) is 2.90. The van der Waals surface area contributed by atoms with Crippen LogP contribution in [0.1, 0.15) is 16.7 Å². The summed E-state index contributed by atoms with van der Waals surface area (Å²) in [6, 6.07) is 15.1. The van der Waals surface area contributed by atoms with Gasteiger partial charge in [-0.15, -0.1) is 26.3 Å². The molecule has 0 aromatic heterocycles. The summed E-state index contributed by atoms with van der Waals surface area (Å²) in [6.07, 6.45) is -28.1. The molecular weight excluding hydrogens is 654 g/mol. The van der Waals surface area contributed by atoms with Gasteiger partial charge in [-0.05, 0) is 47.4 Å². The zero-order chi connectivity index (χ0) is 34.6. The summed E-state index contributed by atoms with van der Waals surface area (Å²) < 4.78 is 167. The molecule has 0 unspecified atom stereocenters. The summed E-state index contributed by atoms with van der Waals surface area (Å²) in [5.41, 5.74) is -2.24. The van der Waals surface area contributed by atoms with E-state index < -0.39 is 80.3 Å². The zero-order valence-electron chi connectivity index (χ0n) is 23.2. The molecule has 17 heteroatoms. The van der Waals surface area contributed by atoms with E-state index in [9.17, 15) is 62.9 Å². The molecule has 0 saturated carbocycles. The summed E-state index contributed by atoms with van der Waals surface area (Å²) in [4.78, 5) is 0.383. The highest BCUT2D eigenvalue weighted by atomic mass is 19.4. The van der Waals surface area contributed by atoms with Gasteiger partial charge in [0.2, 0.25) is 0 Å². The van der Waals surface area contributed by atoms with Gasteiger partial charge in [0.25, 0.3) is 0 Å². The number of aliphatic hydroxyl groups is 2. The molecule has 3 aromatic rings. The second-order valence-electron chi connectivity index (χ2n) is 10.2. The molecule has 0 spiro atoms. The van der Waals surface area contributed by atoms with Crippen LogP contribution in [0, 0.1) is 0 Å². The van der Waals surface area contributed by atoms with Crippen LogP contribution in [0.15, 0.2) is 78.9 Å². The van der Waals surface area contributed by atoms with Crippen molar-refractivity contribution in [2.45, 2.75) is 49.1 Å². The minimum atomic E-state index is -5.36. The topological polar surface area (TPSA) is 62.2 Å². The summed E-state index contributed by atoms with van der Waals surface area (Å²) in [6.45, 7) is -4.14. The molecule has 0 aliphatic heterocycles. The van der Waals surface area contributed by atoms with Crippen molar-refractivity contribution in [2.24, 2.45) is 0 Å². The quantitative estimate of drug-likeness (QED) is 0.199. The maximum atomic E-state index is 13.4. The first kappa shape index (κ1) is 36.8. The number of benzene rings is 3. The summed E-state index contributed by atoms with van der Waals surface area (Å²) >= 11 is 0. The van der Waals surface area contributed by atoms with Crippen molar-refractivity contribution in [3.8, 4) is 11.5 Å². The second-order valence-corrected chi connectivity index (χ2v) is 10.2. The smallest absolute Gasteiger partial charge is 0.406 e. The minimum Gasteiger partial charge on any atom is -0.406 e. The lowest BCUT2D eigenvalue weighted by Gasteiger charge is -2.41. The van der Waals surface area contributed by atoms with Gasteiger partial charge in [0.1, 0.15) is 11.5 Å². The molecule has 2 atom stereocenters. The largest absolute Gasteiger partial charge is 0.573 e. The third-order valence-electron chi connectivity index (χ3n) is 6.70. The molecule has 5 nitrogen and oxygen atoms in total. The molecular formula is C29H25F12NO4. The van der Waals surface area contributed by atoms with Crippen molar-refractivity contribution in [3.05, 3.63) is 95.6 Å². The van der Waals surface area contributed by atoms with Gasteiger partial charge in [0.15, 0.2) is 12.2 Å². The normalized spacial score (nSPS) is 14.7. The van der Waals surface area contributed by atoms with E-state index in [-0.39, 0.29) is 11.1 Å². The van der Waals surface area contributed by atoms with E-state index in [4.69, 9.17) is 0 Å². The molecule has 0 amide bonds. The number of rotatable bonds is 12. The van der Waals surface area contributed by atoms with Gasteiger partial charge in [-0.1, -0.05) is 54.6 Å². The van der Waals surface area contributed by atoms with E-state index in [0.29, 0.717) is 10.5 Å². The molecule has 0 heterocycles. The predicted octanol–water partition coefficient (Wildman–Crippen LogP) is 7.16. The van der Waals surface area contributed by atoms with E-state index in [1.165, 1.54) is 24.3 Å². The monoisotopic (exact) mass is 679 g/mol. The number of hydrogen-bond donors (Lipinski definition) is 2. The van der Waals surface area contributed by atoms with Gasteiger partial charge in [-0.25, -0.2) is 0 Å². The average molecular weight is 679 g/mol. The Balaban J connectivity index is 2.34. The molecule has 3 aromatic carbocycles. The predicted molar refractivity (Wildman–Crippen MR) is 138 cm³/mol. The van der Waals surface area contributed by atoms with Crippen LogP contribution in [0.2, 0.25) is 0 Å². The van der Waals surface area contributed by atoms with Crippen LogP contribution in [0.25, 0.3) is 0 Å². The first-order chi connectivity index (χ1) is 21.1. The van der Waals surface area contributed by atoms with Crippen LogP contribution in [0.5, 0.6) is 11.5 Å². The molecule has 0 aliphatic rings. The Bertz CT molecular complexity index is 1330. The first-order valence-electron chi connectivity index (χ1n) is 13.1. The fourth-order valence-corrected chi connectivity index (χ4v) is 4.82. The van der Waals surface area contributed by atoms with E-state index in [1.807, 2.05) is 0 Å². The SMILES string of the molecule is O[C@@H](CN(C[C@H](O)C(F)(F)F)CC(Cc1ccccc1)(c1cccc(OC(F)(F)F)c1)c1cccc(OC(F)(F)F)c1)C(F)(F)F. The molecule has 2 N–H and O–H groups in total. The fourth-order valence-electron chi connectivity index (χ4n) is 4.82. The van der Waals surface area contributed by atoms with Crippen molar-refractivity contribution in [1.29, 1.82) is 0 Å². The van der Waals surface area contributed by atoms with Crippen molar-refractivity contribution >= 4 is 0 Å². The van der Waals surface area contributed by atoms with Crippen LogP contribution in [0.3, 0.4) is 0 Å². The van der Waals surface area contributed by atoms with E-state index >= 15 is 0 Å². The molecule has 0 bridgehead atoms. The lowest BCUT2D eigenvalue weighted by atomic mass is 9.69. The van der Waals surface area contributed by atoms with Crippen molar-refractivity contribution in [1.82, 2.24) is 4.90 Å². The third-order valence-corrected chi connectivity index (χ3v) is 6.70. The van der Waals surface area contributed by atoms with Gasteiger partial charge >= 0.3 is 25.1 Å². The van der Waals surface area contributed by atoms with Gasteiger partial charge in [-0.2, -0.15) is 26.3 Å². The number of hydrogen-bond acceptors (Lipinski definition) is 5. The molecule has 0 aliphatic carbocycles. The molecule has 254 valence electrons. The Morgan fingerprint density at radius 1 is 0.565 bits per heavy atom. The number of nitrogens with zero attached hydrogens (tertiary/aromatic N) is 1. The molecule has 3 rings (SSSR count). The Labute approximate surface area is 253 Å². The first-order valence-corrected chi connectivity index (χ1v) is 13.1. The molecule has 0 radical (unpaired) electrons.